The third kappa shape index (κ3) is 5.55. The van der Waals surface area contributed by atoms with Crippen LogP contribution in [0.25, 0.3) is 0 Å². The smallest absolute Gasteiger partial charge is 0.261 e. The molecule has 6 heteroatoms. The van der Waals surface area contributed by atoms with Crippen LogP contribution in [0.3, 0.4) is 0 Å². The Morgan fingerprint density at radius 2 is 2.13 bits per heavy atom. The van der Waals surface area contributed by atoms with Crippen LogP contribution >= 0.6 is 24.0 Å². The van der Waals surface area contributed by atoms with E-state index in [9.17, 15) is 4.79 Å². The Kier molecular flexibility index (Phi) is 8.17. The number of aryl methyl sites for hydroxylation is 1. The molecule has 4 nitrogen and oxygen atoms in total. The molecule has 0 bridgehead atoms. The maximum Gasteiger partial charge on any atom is 0.261 e. The number of benzene rings is 1. The quantitative estimate of drug-likeness (QED) is 0.844. The summed E-state index contributed by atoms with van der Waals surface area (Å²) in [5.41, 5.74) is 6.74. The predicted octanol–water partition coefficient (Wildman–Crippen LogP) is 3.47. The molecule has 0 radical (unpaired) electrons. The van der Waals surface area contributed by atoms with Crippen molar-refractivity contribution in [2.75, 3.05) is 6.54 Å². The van der Waals surface area contributed by atoms with E-state index in [0.717, 1.165) is 24.8 Å². The fourth-order valence-corrected chi connectivity index (χ4v) is 3.05. The normalized spacial score (nSPS) is 21.9. The zero-order valence-electron chi connectivity index (χ0n) is 13.7. The van der Waals surface area contributed by atoms with Gasteiger partial charge < -0.3 is 15.8 Å². The SMILES string of the molecule is Cc1cc(OC(C)C(=O)NC2CCCCC2CN)ccc1Cl.Cl. The van der Waals surface area contributed by atoms with Crippen LogP contribution < -0.4 is 15.8 Å². The average molecular weight is 361 g/mol. The van der Waals surface area contributed by atoms with Gasteiger partial charge in [0.25, 0.3) is 5.91 Å². The Morgan fingerprint density at radius 3 is 2.78 bits per heavy atom. The van der Waals surface area contributed by atoms with Crippen LogP contribution in [-0.2, 0) is 4.79 Å². The van der Waals surface area contributed by atoms with Crippen LogP contribution in [0.5, 0.6) is 5.75 Å². The Bertz CT molecular complexity index is 525. The second-order valence-corrected chi connectivity index (χ2v) is 6.47. The van der Waals surface area contributed by atoms with Crippen molar-refractivity contribution in [1.82, 2.24) is 5.32 Å². The Morgan fingerprint density at radius 1 is 1.43 bits per heavy atom. The van der Waals surface area contributed by atoms with E-state index in [4.69, 9.17) is 22.1 Å². The van der Waals surface area contributed by atoms with E-state index in [1.165, 1.54) is 6.42 Å². The molecular formula is C17H26Cl2N2O2. The van der Waals surface area contributed by atoms with Crippen molar-refractivity contribution in [3.05, 3.63) is 28.8 Å². The summed E-state index contributed by atoms with van der Waals surface area (Å²) in [6.45, 7) is 4.30. The summed E-state index contributed by atoms with van der Waals surface area (Å²) >= 11 is 5.99. The van der Waals surface area contributed by atoms with E-state index >= 15 is 0 Å². The lowest BCUT2D eigenvalue weighted by atomic mass is 9.84. The minimum absolute atomic E-state index is 0. The van der Waals surface area contributed by atoms with Gasteiger partial charge in [0, 0.05) is 11.1 Å². The minimum atomic E-state index is -0.541. The largest absolute Gasteiger partial charge is 0.481 e. The Balaban J connectivity index is 0.00000264. The van der Waals surface area contributed by atoms with Gasteiger partial charge in [-0.1, -0.05) is 24.4 Å². The molecule has 23 heavy (non-hydrogen) atoms. The van der Waals surface area contributed by atoms with Gasteiger partial charge in [0.1, 0.15) is 5.75 Å². The summed E-state index contributed by atoms with van der Waals surface area (Å²) in [5.74, 6) is 0.948. The molecule has 130 valence electrons. The number of ether oxygens (including phenoxy) is 1. The van der Waals surface area contributed by atoms with Gasteiger partial charge in [-0.2, -0.15) is 0 Å². The standard InChI is InChI=1S/C17H25ClN2O2.ClH/c1-11-9-14(7-8-15(11)18)22-12(2)17(21)20-16-6-4-3-5-13(16)10-19;/h7-9,12-13,16H,3-6,10,19H2,1-2H3,(H,20,21);1H. The van der Waals surface area contributed by atoms with Crippen LogP contribution in [0.4, 0.5) is 0 Å². The van der Waals surface area contributed by atoms with Crippen molar-refractivity contribution in [1.29, 1.82) is 0 Å². The van der Waals surface area contributed by atoms with Crippen LogP contribution in [0.15, 0.2) is 18.2 Å². The van der Waals surface area contributed by atoms with Crippen molar-refractivity contribution < 1.29 is 9.53 Å². The lowest BCUT2D eigenvalue weighted by Gasteiger charge is -2.32. The summed E-state index contributed by atoms with van der Waals surface area (Å²) in [5, 5.41) is 3.79. The Hall–Kier alpha value is -0.970. The summed E-state index contributed by atoms with van der Waals surface area (Å²) in [4.78, 5) is 12.3. The molecule has 3 atom stereocenters. The van der Waals surface area contributed by atoms with Gasteiger partial charge in [-0.05, 0) is 62.9 Å². The maximum absolute atomic E-state index is 12.3. The maximum atomic E-state index is 12.3. The third-order valence-electron chi connectivity index (χ3n) is 4.35. The van der Waals surface area contributed by atoms with Gasteiger partial charge in [-0.15, -0.1) is 12.4 Å². The van der Waals surface area contributed by atoms with Gasteiger partial charge in [0.15, 0.2) is 6.10 Å². The van der Waals surface area contributed by atoms with Crippen LogP contribution in [-0.4, -0.2) is 24.6 Å². The van der Waals surface area contributed by atoms with Crippen molar-refractivity contribution in [3.8, 4) is 5.75 Å². The fraction of sp³-hybridized carbons (Fsp3) is 0.588. The number of amides is 1. The van der Waals surface area contributed by atoms with E-state index in [1.807, 2.05) is 13.0 Å². The number of carbonyl (C=O) groups excluding carboxylic acids is 1. The number of rotatable bonds is 5. The molecular weight excluding hydrogens is 335 g/mol. The first-order valence-electron chi connectivity index (χ1n) is 7.94. The highest BCUT2D eigenvalue weighted by Crippen LogP contribution is 2.24. The summed E-state index contributed by atoms with van der Waals surface area (Å²) in [6.07, 6.45) is 3.89. The number of hydrogen-bond donors (Lipinski definition) is 2. The van der Waals surface area contributed by atoms with Crippen molar-refractivity contribution in [3.63, 3.8) is 0 Å². The zero-order valence-corrected chi connectivity index (χ0v) is 15.3. The zero-order chi connectivity index (χ0) is 16.1. The molecule has 1 saturated carbocycles. The van der Waals surface area contributed by atoms with E-state index in [2.05, 4.69) is 5.32 Å². The van der Waals surface area contributed by atoms with E-state index in [0.29, 0.717) is 23.2 Å². The van der Waals surface area contributed by atoms with Gasteiger partial charge >= 0.3 is 0 Å². The molecule has 0 aromatic heterocycles. The molecule has 0 saturated heterocycles. The molecule has 2 rings (SSSR count). The molecule has 0 heterocycles. The highest BCUT2D eigenvalue weighted by Gasteiger charge is 2.27. The molecule has 0 aliphatic heterocycles. The lowest BCUT2D eigenvalue weighted by molar-refractivity contribution is -0.128. The number of hydrogen-bond acceptors (Lipinski definition) is 3. The molecule has 1 aliphatic rings. The van der Waals surface area contributed by atoms with E-state index in [-0.39, 0.29) is 24.4 Å². The van der Waals surface area contributed by atoms with Crippen molar-refractivity contribution >= 4 is 29.9 Å². The second-order valence-electron chi connectivity index (χ2n) is 6.07. The number of carbonyl (C=O) groups is 1. The molecule has 1 amide bonds. The van der Waals surface area contributed by atoms with Crippen molar-refractivity contribution in [2.24, 2.45) is 11.7 Å². The molecule has 3 N–H and O–H groups in total. The summed E-state index contributed by atoms with van der Waals surface area (Å²) in [7, 11) is 0. The molecule has 1 aromatic carbocycles. The second kappa shape index (κ2) is 9.36. The number of halogens is 2. The lowest BCUT2D eigenvalue weighted by Crippen LogP contribution is -2.48. The Labute approximate surface area is 149 Å². The highest BCUT2D eigenvalue weighted by molar-refractivity contribution is 6.31. The summed E-state index contributed by atoms with van der Waals surface area (Å²) < 4.78 is 5.72. The molecule has 0 spiro atoms. The minimum Gasteiger partial charge on any atom is -0.481 e. The monoisotopic (exact) mass is 360 g/mol. The highest BCUT2D eigenvalue weighted by atomic mass is 35.5. The van der Waals surface area contributed by atoms with Crippen LogP contribution in [0, 0.1) is 12.8 Å². The van der Waals surface area contributed by atoms with Gasteiger partial charge in [0.05, 0.1) is 0 Å². The predicted molar refractivity (Wildman–Crippen MR) is 96.5 cm³/mol. The van der Waals surface area contributed by atoms with Gasteiger partial charge in [-0.25, -0.2) is 0 Å². The molecule has 1 fully saturated rings. The number of nitrogens with one attached hydrogen (secondary N) is 1. The fourth-order valence-electron chi connectivity index (χ4n) is 2.93. The van der Waals surface area contributed by atoms with Gasteiger partial charge in [0.2, 0.25) is 0 Å². The van der Waals surface area contributed by atoms with E-state index < -0.39 is 6.10 Å². The summed E-state index contributed by atoms with van der Waals surface area (Å²) in [6, 6.07) is 5.57. The average Bonchev–Trinajstić information content (AvgIpc) is 2.51. The van der Waals surface area contributed by atoms with E-state index in [1.54, 1.807) is 19.1 Å². The molecule has 1 aromatic rings. The first kappa shape index (κ1) is 20.1. The topological polar surface area (TPSA) is 64.3 Å². The first-order chi connectivity index (χ1) is 10.5. The third-order valence-corrected chi connectivity index (χ3v) is 4.78. The number of nitrogens with two attached hydrogens (primary N) is 1. The van der Waals surface area contributed by atoms with Crippen molar-refractivity contribution in [2.45, 2.75) is 51.7 Å². The molecule has 3 unspecified atom stereocenters. The van der Waals surface area contributed by atoms with Crippen LogP contribution in [0.1, 0.15) is 38.2 Å². The van der Waals surface area contributed by atoms with Gasteiger partial charge in [-0.3, -0.25) is 4.79 Å². The first-order valence-corrected chi connectivity index (χ1v) is 8.32. The van der Waals surface area contributed by atoms with Crippen LogP contribution in [0.2, 0.25) is 5.02 Å². The molecule has 1 aliphatic carbocycles.